The second-order valence-electron chi connectivity index (χ2n) is 7.29. The monoisotopic (exact) mass is 486 g/mol. The lowest BCUT2D eigenvalue weighted by atomic mass is 10.1. The zero-order valence-electron chi connectivity index (χ0n) is 18.7. The van der Waals surface area contributed by atoms with E-state index in [9.17, 15) is 13.6 Å². The van der Waals surface area contributed by atoms with Gasteiger partial charge in [-0.2, -0.15) is 18.7 Å². The van der Waals surface area contributed by atoms with Crippen molar-refractivity contribution >= 4 is 5.97 Å². The van der Waals surface area contributed by atoms with Crippen molar-refractivity contribution in [3.8, 4) is 34.3 Å². The van der Waals surface area contributed by atoms with Gasteiger partial charge in [-0.3, -0.25) is 4.79 Å². The average molecular weight is 486 g/mol. The van der Waals surface area contributed by atoms with Crippen LogP contribution >= 0.6 is 0 Å². The molecule has 2 aromatic carbocycles. The number of aryl methyl sites for hydroxylation is 2. The fraction of sp³-hybridized carbons (Fsp3) is 0.261. The maximum absolute atomic E-state index is 12.5. The van der Waals surface area contributed by atoms with E-state index < -0.39 is 12.6 Å². The third kappa shape index (κ3) is 6.16. The van der Waals surface area contributed by atoms with Gasteiger partial charge >= 0.3 is 12.6 Å². The Labute approximate surface area is 197 Å². The van der Waals surface area contributed by atoms with E-state index in [1.54, 1.807) is 0 Å². The Morgan fingerprint density at radius 2 is 1.60 bits per heavy atom. The zero-order valence-corrected chi connectivity index (χ0v) is 18.7. The summed E-state index contributed by atoms with van der Waals surface area (Å²) in [7, 11) is 1.32. The van der Waals surface area contributed by atoms with E-state index >= 15 is 0 Å². The minimum atomic E-state index is -2.99. The SMILES string of the molecule is COc1cc(-c2noc(COC(=O)CCc3nc(-c4ccc(C)cc4)no3)n2)ccc1OC(F)F. The maximum atomic E-state index is 12.5. The molecule has 4 aromatic rings. The van der Waals surface area contributed by atoms with Crippen molar-refractivity contribution < 1.29 is 36.8 Å². The summed E-state index contributed by atoms with van der Waals surface area (Å²) >= 11 is 0. The Balaban J connectivity index is 1.29. The minimum absolute atomic E-state index is 0.0132. The van der Waals surface area contributed by atoms with Crippen LogP contribution in [-0.2, 0) is 22.6 Å². The number of ether oxygens (including phenoxy) is 3. The third-order valence-electron chi connectivity index (χ3n) is 4.78. The summed E-state index contributed by atoms with van der Waals surface area (Å²) in [5, 5.41) is 7.73. The lowest BCUT2D eigenvalue weighted by Crippen LogP contribution is -2.06. The number of carbonyl (C=O) groups excluding carboxylic acids is 1. The minimum Gasteiger partial charge on any atom is -0.493 e. The fourth-order valence-corrected chi connectivity index (χ4v) is 3.03. The number of hydrogen-bond donors (Lipinski definition) is 0. The molecular weight excluding hydrogens is 466 g/mol. The Hall–Kier alpha value is -4.35. The predicted octanol–water partition coefficient (Wildman–Crippen LogP) is 4.38. The van der Waals surface area contributed by atoms with E-state index in [2.05, 4.69) is 25.0 Å². The molecule has 0 aliphatic heterocycles. The molecule has 0 atom stereocenters. The number of alkyl halides is 2. The van der Waals surface area contributed by atoms with Crippen molar-refractivity contribution in [2.75, 3.05) is 7.11 Å². The predicted molar refractivity (Wildman–Crippen MR) is 116 cm³/mol. The molecular formula is C23H20F2N4O6. The second kappa shape index (κ2) is 10.7. The number of methoxy groups -OCH3 is 1. The van der Waals surface area contributed by atoms with E-state index in [1.165, 1.54) is 25.3 Å². The van der Waals surface area contributed by atoms with E-state index in [0.717, 1.165) is 11.1 Å². The summed E-state index contributed by atoms with van der Waals surface area (Å²) in [6.07, 6.45) is 0.221. The molecule has 0 unspecified atom stereocenters. The molecule has 0 N–H and O–H groups in total. The summed E-state index contributed by atoms with van der Waals surface area (Å²) in [5.41, 5.74) is 2.37. The molecule has 2 heterocycles. The zero-order chi connectivity index (χ0) is 24.8. The summed E-state index contributed by atoms with van der Waals surface area (Å²) in [5.74, 6) is 0.397. The topological polar surface area (TPSA) is 123 Å². The van der Waals surface area contributed by atoms with Crippen LogP contribution in [0.5, 0.6) is 11.5 Å². The highest BCUT2D eigenvalue weighted by Gasteiger charge is 2.16. The molecule has 35 heavy (non-hydrogen) atoms. The Bertz CT molecular complexity index is 1290. The van der Waals surface area contributed by atoms with Gasteiger partial charge < -0.3 is 23.3 Å². The number of nitrogens with zero attached hydrogens (tertiary/aromatic N) is 4. The fourth-order valence-electron chi connectivity index (χ4n) is 3.03. The van der Waals surface area contributed by atoms with Crippen LogP contribution in [0.1, 0.15) is 23.8 Å². The van der Waals surface area contributed by atoms with Crippen LogP contribution in [0.2, 0.25) is 0 Å². The largest absolute Gasteiger partial charge is 0.493 e. The molecule has 10 nitrogen and oxygen atoms in total. The van der Waals surface area contributed by atoms with Crippen LogP contribution in [0.3, 0.4) is 0 Å². The molecule has 0 saturated carbocycles. The number of hydrogen-bond acceptors (Lipinski definition) is 10. The highest BCUT2D eigenvalue weighted by atomic mass is 19.3. The molecule has 0 spiro atoms. The summed E-state index contributed by atoms with van der Waals surface area (Å²) in [6.45, 7) is -1.25. The van der Waals surface area contributed by atoms with E-state index in [0.29, 0.717) is 17.3 Å². The molecule has 0 bridgehead atoms. The van der Waals surface area contributed by atoms with Gasteiger partial charge in [0.2, 0.25) is 17.5 Å². The van der Waals surface area contributed by atoms with Gasteiger partial charge in [-0.25, -0.2) is 0 Å². The molecule has 4 rings (SSSR count). The smallest absolute Gasteiger partial charge is 0.387 e. The van der Waals surface area contributed by atoms with Gasteiger partial charge in [-0.05, 0) is 25.1 Å². The van der Waals surface area contributed by atoms with Gasteiger partial charge in [0.05, 0.1) is 13.5 Å². The molecule has 2 aromatic heterocycles. The molecule has 0 saturated heterocycles. The van der Waals surface area contributed by atoms with Gasteiger partial charge in [0.25, 0.3) is 5.89 Å². The van der Waals surface area contributed by atoms with Gasteiger partial charge in [-0.1, -0.05) is 40.1 Å². The van der Waals surface area contributed by atoms with Gasteiger partial charge in [0, 0.05) is 17.5 Å². The first-order chi connectivity index (χ1) is 16.9. The highest BCUT2D eigenvalue weighted by Crippen LogP contribution is 2.32. The quantitative estimate of drug-likeness (QED) is 0.298. The first kappa shape index (κ1) is 23.8. The molecule has 0 fully saturated rings. The molecule has 0 aliphatic carbocycles. The summed E-state index contributed by atoms with van der Waals surface area (Å²) in [4.78, 5) is 20.5. The lowest BCUT2D eigenvalue weighted by molar-refractivity contribution is -0.145. The first-order valence-electron chi connectivity index (χ1n) is 10.4. The number of carbonyl (C=O) groups is 1. The van der Waals surface area contributed by atoms with Crippen LogP contribution in [0.15, 0.2) is 51.5 Å². The number of benzene rings is 2. The van der Waals surface area contributed by atoms with Gasteiger partial charge in [0.1, 0.15) is 0 Å². The van der Waals surface area contributed by atoms with E-state index in [4.69, 9.17) is 18.5 Å². The van der Waals surface area contributed by atoms with Crippen molar-refractivity contribution in [2.24, 2.45) is 0 Å². The van der Waals surface area contributed by atoms with Crippen molar-refractivity contribution in [3.63, 3.8) is 0 Å². The molecule has 182 valence electrons. The van der Waals surface area contributed by atoms with Crippen LogP contribution in [-0.4, -0.2) is 40.0 Å². The van der Waals surface area contributed by atoms with Crippen LogP contribution in [0, 0.1) is 6.92 Å². The first-order valence-corrected chi connectivity index (χ1v) is 10.4. The summed E-state index contributed by atoms with van der Waals surface area (Å²) in [6, 6.07) is 11.9. The van der Waals surface area contributed by atoms with Gasteiger partial charge in [0.15, 0.2) is 18.1 Å². The average Bonchev–Trinajstić information content (AvgIpc) is 3.52. The number of rotatable bonds is 10. The molecule has 0 amide bonds. The molecule has 12 heteroatoms. The van der Waals surface area contributed by atoms with Crippen LogP contribution in [0.4, 0.5) is 8.78 Å². The third-order valence-corrected chi connectivity index (χ3v) is 4.78. The number of halogens is 2. The van der Waals surface area contributed by atoms with Crippen LogP contribution in [0.25, 0.3) is 22.8 Å². The Kier molecular flexibility index (Phi) is 7.29. The Morgan fingerprint density at radius 3 is 2.31 bits per heavy atom. The molecule has 0 aliphatic rings. The van der Waals surface area contributed by atoms with E-state index in [-0.39, 0.29) is 42.7 Å². The second-order valence-corrected chi connectivity index (χ2v) is 7.29. The normalized spacial score (nSPS) is 11.0. The number of aromatic nitrogens is 4. The number of esters is 1. The van der Waals surface area contributed by atoms with Crippen molar-refractivity contribution in [2.45, 2.75) is 33.0 Å². The molecule has 0 radical (unpaired) electrons. The van der Waals surface area contributed by atoms with Gasteiger partial charge in [-0.15, -0.1) is 0 Å². The summed E-state index contributed by atoms with van der Waals surface area (Å²) < 4.78 is 49.8. The van der Waals surface area contributed by atoms with Crippen molar-refractivity contribution in [1.29, 1.82) is 0 Å². The van der Waals surface area contributed by atoms with Crippen molar-refractivity contribution in [1.82, 2.24) is 20.3 Å². The van der Waals surface area contributed by atoms with E-state index in [1.807, 2.05) is 31.2 Å². The highest BCUT2D eigenvalue weighted by molar-refractivity contribution is 5.69. The lowest BCUT2D eigenvalue weighted by Gasteiger charge is -2.10. The maximum Gasteiger partial charge on any atom is 0.387 e. The van der Waals surface area contributed by atoms with Crippen molar-refractivity contribution in [3.05, 3.63) is 59.8 Å². The standard InChI is InChI=1S/C23H20F2N4O6/c1-13-3-5-14(6-4-13)21-26-18(34-28-21)9-10-20(30)32-12-19-27-22(29-35-19)15-7-8-16(33-23(24)25)17(11-15)31-2/h3-8,11,23H,9-10,12H2,1-2H3. The Morgan fingerprint density at radius 1 is 0.943 bits per heavy atom. The van der Waals surface area contributed by atoms with Crippen LogP contribution < -0.4 is 9.47 Å².